The lowest BCUT2D eigenvalue weighted by Gasteiger charge is -2.12. The number of nitrogens with one attached hydrogen (secondary N) is 1. The van der Waals surface area contributed by atoms with E-state index in [2.05, 4.69) is 20.4 Å². The smallest absolute Gasteiger partial charge is 0.237 e. The van der Waals surface area contributed by atoms with Crippen molar-refractivity contribution in [2.75, 3.05) is 5.32 Å². The first-order valence-corrected chi connectivity index (χ1v) is 9.85. The number of rotatable bonds is 5. The molecule has 2 aromatic heterocycles. The van der Waals surface area contributed by atoms with Crippen molar-refractivity contribution in [3.63, 3.8) is 0 Å². The van der Waals surface area contributed by atoms with E-state index in [1.54, 1.807) is 23.0 Å². The molecule has 28 heavy (non-hydrogen) atoms. The summed E-state index contributed by atoms with van der Waals surface area (Å²) in [6, 6.07) is 16.9. The van der Waals surface area contributed by atoms with E-state index in [0.29, 0.717) is 21.4 Å². The number of hydrogen-bond donors (Lipinski definition) is 1. The molecule has 0 aliphatic rings. The molecule has 8 heteroatoms. The Morgan fingerprint density at radius 3 is 2.64 bits per heavy atom. The number of benzene rings is 2. The second-order valence-corrected chi connectivity index (χ2v) is 7.77. The van der Waals surface area contributed by atoms with E-state index in [4.69, 9.17) is 11.6 Å². The molecule has 0 spiro atoms. The van der Waals surface area contributed by atoms with Crippen LogP contribution in [0.4, 0.5) is 5.69 Å². The van der Waals surface area contributed by atoms with Crippen molar-refractivity contribution in [1.82, 2.24) is 19.7 Å². The molecule has 1 amide bonds. The number of halogens is 1. The SMILES string of the molecule is CC(Sc1ncnc2c1cnn2-c1ccccc1)C(=O)Nc1ccccc1Cl. The van der Waals surface area contributed by atoms with Gasteiger partial charge in [-0.25, -0.2) is 14.6 Å². The monoisotopic (exact) mass is 409 g/mol. The fourth-order valence-corrected chi connectivity index (χ4v) is 3.76. The van der Waals surface area contributed by atoms with Crippen molar-refractivity contribution in [3.05, 3.63) is 72.1 Å². The lowest BCUT2D eigenvalue weighted by molar-refractivity contribution is -0.115. The Morgan fingerprint density at radius 2 is 1.86 bits per heavy atom. The molecule has 6 nitrogen and oxygen atoms in total. The van der Waals surface area contributed by atoms with Crippen LogP contribution < -0.4 is 5.32 Å². The molecule has 0 aliphatic heterocycles. The molecular formula is C20H16ClN5OS. The molecule has 4 rings (SSSR count). The number of anilines is 1. The summed E-state index contributed by atoms with van der Waals surface area (Å²) in [6.45, 7) is 1.83. The van der Waals surface area contributed by atoms with E-state index in [1.165, 1.54) is 18.1 Å². The molecule has 1 N–H and O–H groups in total. The summed E-state index contributed by atoms with van der Waals surface area (Å²) in [5.74, 6) is -0.152. The van der Waals surface area contributed by atoms with Crippen LogP contribution in [0.2, 0.25) is 5.02 Å². The van der Waals surface area contributed by atoms with Crippen LogP contribution in [0, 0.1) is 0 Å². The number of amides is 1. The first kappa shape index (κ1) is 18.5. The Bertz CT molecular complexity index is 1130. The maximum Gasteiger partial charge on any atom is 0.237 e. The summed E-state index contributed by atoms with van der Waals surface area (Å²) in [5, 5.41) is 8.92. The zero-order valence-corrected chi connectivity index (χ0v) is 16.5. The molecule has 4 aromatic rings. The summed E-state index contributed by atoms with van der Waals surface area (Å²) in [5.41, 5.74) is 2.20. The van der Waals surface area contributed by atoms with Gasteiger partial charge in [-0.05, 0) is 31.2 Å². The number of nitrogens with zero attached hydrogens (tertiary/aromatic N) is 4. The standard InChI is InChI=1S/C20H16ClN5OS/c1-13(19(27)25-17-10-6-5-9-16(17)21)28-20-15-11-24-26(18(15)22-12-23-20)14-7-3-2-4-8-14/h2-13H,1H3,(H,25,27). The number of para-hydroxylation sites is 2. The van der Waals surface area contributed by atoms with Gasteiger partial charge in [-0.1, -0.05) is 53.7 Å². The zero-order valence-electron chi connectivity index (χ0n) is 14.9. The highest BCUT2D eigenvalue weighted by Crippen LogP contribution is 2.30. The van der Waals surface area contributed by atoms with Crippen LogP contribution >= 0.6 is 23.4 Å². The number of thioether (sulfide) groups is 1. The van der Waals surface area contributed by atoms with Crippen molar-refractivity contribution in [1.29, 1.82) is 0 Å². The average Bonchev–Trinajstić information content (AvgIpc) is 3.15. The quantitative estimate of drug-likeness (QED) is 0.385. The molecular weight excluding hydrogens is 394 g/mol. The van der Waals surface area contributed by atoms with E-state index >= 15 is 0 Å². The first-order chi connectivity index (χ1) is 13.6. The summed E-state index contributed by atoms with van der Waals surface area (Å²) in [4.78, 5) is 21.3. The van der Waals surface area contributed by atoms with E-state index in [1.807, 2.05) is 49.4 Å². The van der Waals surface area contributed by atoms with Gasteiger partial charge < -0.3 is 5.32 Å². The topological polar surface area (TPSA) is 72.7 Å². The first-order valence-electron chi connectivity index (χ1n) is 8.59. The highest BCUT2D eigenvalue weighted by Gasteiger charge is 2.19. The molecule has 1 unspecified atom stereocenters. The molecule has 0 bridgehead atoms. The molecule has 0 aliphatic carbocycles. The van der Waals surface area contributed by atoms with Crippen molar-refractivity contribution in [2.24, 2.45) is 0 Å². The lowest BCUT2D eigenvalue weighted by atomic mass is 10.3. The maximum atomic E-state index is 12.6. The molecule has 0 saturated heterocycles. The summed E-state index contributed by atoms with van der Waals surface area (Å²) >= 11 is 7.47. The van der Waals surface area contributed by atoms with E-state index in [9.17, 15) is 4.79 Å². The number of carbonyl (C=O) groups is 1. The number of aromatic nitrogens is 4. The maximum absolute atomic E-state index is 12.6. The minimum absolute atomic E-state index is 0.152. The lowest BCUT2D eigenvalue weighted by Crippen LogP contribution is -2.22. The van der Waals surface area contributed by atoms with Crippen LogP contribution in [0.1, 0.15) is 6.92 Å². The third-order valence-corrected chi connectivity index (χ3v) is 5.57. The van der Waals surface area contributed by atoms with Crippen LogP contribution in [0.3, 0.4) is 0 Å². The molecule has 1 atom stereocenters. The summed E-state index contributed by atoms with van der Waals surface area (Å²) in [6.07, 6.45) is 3.22. The molecule has 2 heterocycles. The van der Waals surface area contributed by atoms with Gasteiger partial charge >= 0.3 is 0 Å². The van der Waals surface area contributed by atoms with Gasteiger partial charge in [0.1, 0.15) is 11.4 Å². The van der Waals surface area contributed by atoms with Crippen molar-refractivity contribution >= 4 is 46.0 Å². The minimum atomic E-state index is -0.380. The Labute approximate surface area is 171 Å². The third-order valence-electron chi connectivity index (χ3n) is 4.12. The Balaban J connectivity index is 1.57. The fourth-order valence-electron chi connectivity index (χ4n) is 2.69. The van der Waals surface area contributed by atoms with Gasteiger partial charge in [0.15, 0.2) is 5.65 Å². The molecule has 0 fully saturated rings. The number of fused-ring (bicyclic) bond motifs is 1. The molecule has 140 valence electrons. The number of carbonyl (C=O) groups excluding carboxylic acids is 1. The van der Waals surface area contributed by atoms with Crippen LogP contribution in [0.5, 0.6) is 0 Å². The average molecular weight is 410 g/mol. The minimum Gasteiger partial charge on any atom is -0.324 e. The predicted octanol–water partition coefficient (Wildman–Crippen LogP) is 4.59. The normalized spacial score (nSPS) is 12.1. The van der Waals surface area contributed by atoms with Crippen LogP contribution in [-0.4, -0.2) is 30.9 Å². The summed E-state index contributed by atoms with van der Waals surface area (Å²) in [7, 11) is 0. The van der Waals surface area contributed by atoms with Gasteiger partial charge in [-0.3, -0.25) is 4.79 Å². The van der Waals surface area contributed by atoms with Gasteiger partial charge in [-0.15, -0.1) is 0 Å². The van der Waals surface area contributed by atoms with Crippen LogP contribution in [0.25, 0.3) is 16.7 Å². The van der Waals surface area contributed by atoms with E-state index in [0.717, 1.165) is 11.1 Å². The second kappa shape index (κ2) is 8.00. The largest absolute Gasteiger partial charge is 0.324 e. The zero-order chi connectivity index (χ0) is 19.5. The fraction of sp³-hybridized carbons (Fsp3) is 0.100. The van der Waals surface area contributed by atoms with Crippen LogP contribution in [0.15, 0.2) is 72.1 Å². The highest BCUT2D eigenvalue weighted by atomic mass is 35.5. The second-order valence-electron chi connectivity index (χ2n) is 6.04. The Morgan fingerprint density at radius 1 is 1.11 bits per heavy atom. The predicted molar refractivity (Wildman–Crippen MR) is 112 cm³/mol. The van der Waals surface area contributed by atoms with Gasteiger partial charge in [0.2, 0.25) is 5.91 Å². The summed E-state index contributed by atoms with van der Waals surface area (Å²) < 4.78 is 1.76. The van der Waals surface area contributed by atoms with Gasteiger partial charge in [0.05, 0.1) is 33.2 Å². The van der Waals surface area contributed by atoms with Crippen molar-refractivity contribution in [3.8, 4) is 5.69 Å². The molecule has 2 aromatic carbocycles. The van der Waals surface area contributed by atoms with E-state index in [-0.39, 0.29) is 11.2 Å². The molecule has 0 saturated carbocycles. The third kappa shape index (κ3) is 3.72. The van der Waals surface area contributed by atoms with Gasteiger partial charge in [0, 0.05) is 0 Å². The molecule has 0 radical (unpaired) electrons. The Kier molecular flexibility index (Phi) is 5.27. The number of hydrogen-bond acceptors (Lipinski definition) is 5. The van der Waals surface area contributed by atoms with E-state index < -0.39 is 0 Å². The highest BCUT2D eigenvalue weighted by molar-refractivity contribution is 8.00. The van der Waals surface area contributed by atoms with Crippen molar-refractivity contribution in [2.45, 2.75) is 17.2 Å². The van der Waals surface area contributed by atoms with Crippen LogP contribution in [-0.2, 0) is 4.79 Å². The van der Waals surface area contributed by atoms with Gasteiger partial charge in [-0.2, -0.15) is 5.10 Å². The van der Waals surface area contributed by atoms with Crippen molar-refractivity contribution < 1.29 is 4.79 Å². The van der Waals surface area contributed by atoms with Gasteiger partial charge in [0.25, 0.3) is 0 Å². The Hall–Kier alpha value is -2.90.